The zero-order valence-electron chi connectivity index (χ0n) is 14.6. The normalized spacial score (nSPS) is 19.4. The van der Waals surface area contributed by atoms with Gasteiger partial charge in [0.1, 0.15) is 11.9 Å². The third-order valence-electron chi connectivity index (χ3n) is 4.51. The van der Waals surface area contributed by atoms with Crippen LogP contribution >= 0.6 is 11.8 Å². The Labute approximate surface area is 163 Å². The van der Waals surface area contributed by atoms with Crippen molar-refractivity contribution in [1.82, 2.24) is 15.3 Å². The number of nitrogens with one attached hydrogen (secondary N) is 4. The highest BCUT2D eigenvalue weighted by Gasteiger charge is 2.32. The van der Waals surface area contributed by atoms with Gasteiger partial charge in [-0.05, 0) is 42.3 Å². The maximum atomic E-state index is 13.0. The lowest BCUT2D eigenvalue weighted by atomic mass is 10.1. The third kappa shape index (κ3) is 3.94. The number of aromatic amines is 2. The lowest BCUT2D eigenvalue weighted by Gasteiger charge is -2.28. The molecule has 1 fully saturated rings. The number of fused-ring (bicyclic) bond motifs is 1. The van der Waals surface area contributed by atoms with Crippen molar-refractivity contribution in [2.75, 3.05) is 11.1 Å². The van der Waals surface area contributed by atoms with Crippen molar-refractivity contribution >= 4 is 40.3 Å². The van der Waals surface area contributed by atoms with Gasteiger partial charge in [0.05, 0.1) is 16.3 Å². The molecule has 0 aliphatic carbocycles. The number of rotatable bonds is 4. The van der Waals surface area contributed by atoms with E-state index in [9.17, 15) is 18.8 Å². The van der Waals surface area contributed by atoms with E-state index in [-0.39, 0.29) is 28.6 Å². The van der Waals surface area contributed by atoms with Gasteiger partial charge in [-0.1, -0.05) is 12.1 Å². The molecule has 0 bridgehead atoms. The number of carbonyl (C=O) groups excluding carboxylic acids is 2. The molecule has 3 aromatic rings. The van der Waals surface area contributed by atoms with Gasteiger partial charge in [0.2, 0.25) is 11.8 Å². The van der Waals surface area contributed by atoms with E-state index < -0.39 is 6.04 Å². The van der Waals surface area contributed by atoms with E-state index in [0.29, 0.717) is 28.9 Å². The van der Waals surface area contributed by atoms with E-state index in [1.807, 2.05) is 0 Å². The van der Waals surface area contributed by atoms with E-state index in [0.717, 1.165) is 5.56 Å². The monoisotopic (exact) mass is 400 g/mol. The van der Waals surface area contributed by atoms with Crippen molar-refractivity contribution in [2.24, 2.45) is 0 Å². The fraction of sp³-hybridized carbons (Fsp3) is 0.211. The summed E-state index contributed by atoms with van der Waals surface area (Å²) in [5, 5.41) is 5.19. The molecule has 1 aromatic heterocycles. The highest BCUT2D eigenvalue weighted by Crippen LogP contribution is 2.23. The van der Waals surface area contributed by atoms with E-state index in [4.69, 9.17) is 0 Å². The second-order valence-corrected chi connectivity index (χ2v) is 7.78. The lowest BCUT2D eigenvalue weighted by Crippen LogP contribution is -2.52. The second-order valence-electron chi connectivity index (χ2n) is 6.54. The Bertz CT molecular complexity index is 1090. The van der Waals surface area contributed by atoms with Gasteiger partial charge in [-0.2, -0.15) is 0 Å². The van der Waals surface area contributed by atoms with Gasteiger partial charge >= 0.3 is 5.69 Å². The number of H-pyrrole nitrogens is 2. The fourth-order valence-electron chi connectivity index (χ4n) is 3.06. The summed E-state index contributed by atoms with van der Waals surface area (Å²) in [7, 11) is 0. The summed E-state index contributed by atoms with van der Waals surface area (Å²) in [6, 6.07) is 10.4. The first-order valence-electron chi connectivity index (χ1n) is 8.67. The van der Waals surface area contributed by atoms with Crippen LogP contribution in [0.15, 0.2) is 47.3 Å². The molecule has 9 heteroatoms. The average Bonchev–Trinajstić information content (AvgIpc) is 3.04. The molecule has 2 aromatic carbocycles. The molecule has 7 nitrogen and oxygen atoms in total. The first kappa shape index (κ1) is 18.3. The van der Waals surface area contributed by atoms with Crippen LogP contribution < -0.4 is 16.3 Å². The molecule has 0 spiro atoms. The fourth-order valence-corrected chi connectivity index (χ4v) is 4.25. The van der Waals surface area contributed by atoms with Crippen molar-refractivity contribution in [3.05, 3.63) is 64.3 Å². The zero-order valence-corrected chi connectivity index (χ0v) is 15.4. The molecule has 0 saturated carbocycles. The predicted octanol–water partition coefficient (Wildman–Crippen LogP) is 1.78. The molecule has 144 valence electrons. The van der Waals surface area contributed by atoms with Gasteiger partial charge in [-0.3, -0.25) is 9.59 Å². The topological polar surface area (TPSA) is 107 Å². The van der Waals surface area contributed by atoms with E-state index >= 15 is 0 Å². The van der Waals surface area contributed by atoms with E-state index in [1.165, 1.54) is 23.9 Å². The number of hydrogen-bond donors (Lipinski definition) is 4. The van der Waals surface area contributed by atoms with Crippen LogP contribution in [0.2, 0.25) is 0 Å². The largest absolute Gasteiger partial charge is 0.343 e. The summed E-state index contributed by atoms with van der Waals surface area (Å²) in [5.41, 5.74) is 2.31. The highest BCUT2D eigenvalue weighted by molar-refractivity contribution is 8.00. The minimum Gasteiger partial charge on any atom is -0.343 e. The number of anilines is 1. The first-order chi connectivity index (χ1) is 13.5. The number of imidazole rings is 1. The Morgan fingerprint density at radius 3 is 2.61 bits per heavy atom. The lowest BCUT2D eigenvalue weighted by molar-refractivity contribution is -0.126. The Morgan fingerprint density at radius 2 is 1.86 bits per heavy atom. The van der Waals surface area contributed by atoms with Crippen LogP contribution in [0.3, 0.4) is 0 Å². The second kappa shape index (κ2) is 7.51. The summed E-state index contributed by atoms with van der Waals surface area (Å²) in [4.78, 5) is 41.5. The number of carbonyl (C=O) groups is 2. The molecule has 1 aliphatic rings. The summed E-state index contributed by atoms with van der Waals surface area (Å²) >= 11 is 1.40. The minimum absolute atomic E-state index is 0.217. The quantitative estimate of drug-likeness (QED) is 0.535. The van der Waals surface area contributed by atoms with Gasteiger partial charge in [0, 0.05) is 11.4 Å². The molecule has 1 aliphatic heterocycles. The van der Waals surface area contributed by atoms with Crippen molar-refractivity contribution < 1.29 is 14.0 Å². The Balaban J connectivity index is 1.37. The van der Waals surface area contributed by atoms with Crippen LogP contribution in [0.4, 0.5) is 10.1 Å². The maximum Gasteiger partial charge on any atom is 0.323 e. The number of benzene rings is 2. The Hall–Kier alpha value is -3.07. The third-order valence-corrected chi connectivity index (χ3v) is 5.82. The standard InChI is InChI=1S/C19H17FN4O3S/c20-11-3-1-10(2-4-11)7-16-18(26)22-15(9-28-16)17(25)21-12-5-6-13-14(8-12)24-19(27)23-13/h1-6,8,15-16H,7,9H2,(H,21,25)(H,22,26)(H2,23,24,27). The number of halogens is 1. The summed E-state index contributed by atoms with van der Waals surface area (Å²) in [5.74, 6) is -0.417. The van der Waals surface area contributed by atoms with Crippen molar-refractivity contribution in [3.63, 3.8) is 0 Å². The molecule has 28 heavy (non-hydrogen) atoms. The van der Waals surface area contributed by atoms with Crippen molar-refractivity contribution in [1.29, 1.82) is 0 Å². The number of aromatic nitrogens is 2. The van der Waals surface area contributed by atoms with E-state index in [2.05, 4.69) is 20.6 Å². The molecule has 2 atom stereocenters. The Morgan fingerprint density at radius 1 is 1.11 bits per heavy atom. The van der Waals surface area contributed by atoms with Crippen LogP contribution in [0, 0.1) is 5.82 Å². The number of hydrogen-bond acceptors (Lipinski definition) is 4. The summed E-state index contributed by atoms with van der Waals surface area (Å²) in [6.45, 7) is 0. The summed E-state index contributed by atoms with van der Waals surface area (Å²) in [6.07, 6.45) is 0.475. The molecule has 2 amide bonds. The van der Waals surface area contributed by atoms with Crippen LogP contribution in [-0.2, 0) is 16.0 Å². The van der Waals surface area contributed by atoms with Crippen molar-refractivity contribution in [2.45, 2.75) is 17.7 Å². The van der Waals surface area contributed by atoms with Crippen LogP contribution in [0.1, 0.15) is 5.56 Å². The van der Waals surface area contributed by atoms with Gasteiger partial charge in [-0.15, -0.1) is 11.8 Å². The molecular weight excluding hydrogens is 383 g/mol. The number of amides is 2. The molecule has 4 rings (SSSR count). The Kier molecular flexibility index (Phi) is 4.91. The van der Waals surface area contributed by atoms with Crippen LogP contribution in [0.25, 0.3) is 11.0 Å². The van der Waals surface area contributed by atoms with Gasteiger partial charge in [-0.25, -0.2) is 9.18 Å². The van der Waals surface area contributed by atoms with E-state index in [1.54, 1.807) is 30.3 Å². The molecule has 1 saturated heterocycles. The van der Waals surface area contributed by atoms with Crippen LogP contribution in [-0.4, -0.2) is 38.8 Å². The highest BCUT2D eigenvalue weighted by atomic mass is 32.2. The van der Waals surface area contributed by atoms with Crippen molar-refractivity contribution in [3.8, 4) is 0 Å². The smallest absolute Gasteiger partial charge is 0.323 e. The molecule has 2 unspecified atom stereocenters. The molecule has 0 radical (unpaired) electrons. The predicted molar refractivity (Wildman–Crippen MR) is 106 cm³/mol. The SMILES string of the molecule is O=C(Nc1ccc2[nH]c(=O)[nH]c2c1)C1CSC(Cc2ccc(F)cc2)C(=O)N1. The molecule has 4 N–H and O–H groups in total. The average molecular weight is 400 g/mol. The molecule has 2 heterocycles. The number of thioether (sulfide) groups is 1. The van der Waals surface area contributed by atoms with Gasteiger partial charge in [0.25, 0.3) is 0 Å². The van der Waals surface area contributed by atoms with Crippen LogP contribution in [0.5, 0.6) is 0 Å². The summed E-state index contributed by atoms with van der Waals surface area (Å²) < 4.78 is 13.0. The maximum absolute atomic E-state index is 13.0. The minimum atomic E-state index is -0.650. The first-order valence-corrected chi connectivity index (χ1v) is 9.72. The van der Waals surface area contributed by atoms with Gasteiger partial charge in [0.15, 0.2) is 0 Å². The van der Waals surface area contributed by atoms with Gasteiger partial charge < -0.3 is 20.6 Å². The zero-order chi connectivity index (χ0) is 19.7. The molecular formula is C19H17FN4O3S.